The lowest BCUT2D eigenvalue weighted by molar-refractivity contribution is 0.358. The molecule has 4 heterocycles. The van der Waals surface area contributed by atoms with Crippen LogP contribution in [0.3, 0.4) is 0 Å². The minimum absolute atomic E-state index is 0.963. The van der Waals surface area contributed by atoms with Crippen LogP contribution in [-0.2, 0) is 0 Å². The standard InChI is InChI=1S/C16H14N4S2/c17-2-1-11-12-7-21-9-14(12)16(20-5-3-18-4-6-20)19-15-10-22-8-13(11)15/h1,7-10,18H,3-6H2. The molecule has 2 aliphatic heterocycles. The minimum Gasteiger partial charge on any atom is -0.354 e. The number of nitriles is 1. The summed E-state index contributed by atoms with van der Waals surface area (Å²) in [6, 6.07) is 2.19. The van der Waals surface area contributed by atoms with E-state index in [2.05, 4.69) is 37.8 Å². The molecule has 0 bridgehead atoms. The van der Waals surface area contributed by atoms with Crippen molar-refractivity contribution in [2.24, 2.45) is 4.99 Å². The fraction of sp³-hybridized carbons (Fsp3) is 0.250. The number of aliphatic imine (C=N–C) groups is 1. The molecule has 0 unspecified atom stereocenters. The summed E-state index contributed by atoms with van der Waals surface area (Å²) < 4.78 is 0. The topological polar surface area (TPSA) is 51.4 Å². The van der Waals surface area contributed by atoms with Crippen LogP contribution in [0.2, 0.25) is 0 Å². The molecule has 1 saturated heterocycles. The van der Waals surface area contributed by atoms with E-state index >= 15 is 0 Å². The summed E-state index contributed by atoms with van der Waals surface area (Å²) in [5.74, 6) is 1.04. The van der Waals surface area contributed by atoms with Gasteiger partial charge in [-0.3, -0.25) is 0 Å². The van der Waals surface area contributed by atoms with Crippen molar-refractivity contribution < 1.29 is 0 Å². The van der Waals surface area contributed by atoms with E-state index < -0.39 is 0 Å². The molecule has 2 aromatic heterocycles. The van der Waals surface area contributed by atoms with Gasteiger partial charge in [0.05, 0.1) is 11.8 Å². The number of rotatable bonds is 0. The first-order valence-electron chi connectivity index (χ1n) is 7.16. The van der Waals surface area contributed by atoms with Crippen LogP contribution in [0.1, 0.15) is 16.7 Å². The lowest BCUT2D eigenvalue weighted by atomic mass is 9.99. The van der Waals surface area contributed by atoms with Crippen molar-refractivity contribution in [1.82, 2.24) is 10.2 Å². The Hall–Kier alpha value is -1.94. The van der Waals surface area contributed by atoms with Crippen LogP contribution in [0.25, 0.3) is 5.57 Å². The zero-order chi connectivity index (χ0) is 14.9. The highest BCUT2D eigenvalue weighted by atomic mass is 32.1. The van der Waals surface area contributed by atoms with Crippen molar-refractivity contribution in [3.63, 3.8) is 0 Å². The number of hydrogen-bond acceptors (Lipinski definition) is 6. The molecule has 0 spiro atoms. The van der Waals surface area contributed by atoms with E-state index in [9.17, 15) is 5.26 Å². The van der Waals surface area contributed by atoms with Gasteiger partial charge in [-0.05, 0) is 5.38 Å². The van der Waals surface area contributed by atoms with E-state index in [1.807, 2.05) is 0 Å². The van der Waals surface area contributed by atoms with Gasteiger partial charge in [0, 0.05) is 70.7 Å². The van der Waals surface area contributed by atoms with Crippen LogP contribution < -0.4 is 5.32 Å². The van der Waals surface area contributed by atoms with Gasteiger partial charge in [0.25, 0.3) is 0 Å². The molecule has 0 saturated carbocycles. The van der Waals surface area contributed by atoms with E-state index in [1.54, 1.807) is 28.7 Å². The first-order chi connectivity index (χ1) is 10.9. The number of allylic oxidation sites excluding steroid dienone is 1. The van der Waals surface area contributed by atoms with E-state index in [4.69, 9.17) is 4.99 Å². The monoisotopic (exact) mass is 326 g/mol. The molecule has 2 aliphatic rings. The van der Waals surface area contributed by atoms with E-state index in [0.717, 1.165) is 60.0 Å². The number of thiophene rings is 2. The van der Waals surface area contributed by atoms with E-state index in [0.29, 0.717) is 0 Å². The molecule has 1 N–H and O–H groups in total. The molecule has 6 heteroatoms. The molecular formula is C16H14N4S2. The Kier molecular flexibility index (Phi) is 3.54. The average molecular weight is 326 g/mol. The Morgan fingerprint density at radius 3 is 2.64 bits per heavy atom. The van der Waals surface area contributed by atoms with Gasteiger partial charge >= 0.3 is 0 Å². The molecule has 1 fully saturated rings. The highest BCUT2D eigenvalue weighted by Crippen LogP contribution is 2.40. The summed E-state index contributed by atoms with van der Waals surface area (Å²) >= 11 is 3.30. The third-order valence-electron chi connectivity index (χ3n) is 3.98. The van der Waals surface area contributed by atoms with Crippen LogP contribution in [0.5, 0.6) is 0 Å². The van der Waals surface area contributed by atoms with Gasteiger partial charge in [-0.25, -0.2) is 4.99 Å². The molecule has 0 atom stereocenters. The van der Waals surface area contributed by atoms with Crippen LogP contribution in [0.4, 0.5) is 5.69 Å². The van der Waals surface area contributed by atoms with Gasteiger partial charge in [-0.15, -0.1) is 11.3 Å². The zero-order valence-corrected chi connectivity index (χ0v) is 13.5. The molecule has 0 aromatic carbocycles. The van der Waals surface area contributed by atoms with Gasteiger partial charge in [0.15, 0.2) is 0 Å². The summed E-state index contributed by atoms with van der Waals surface area (Å²) in [7, 11) is 0. The predicted molar refractivity (Wildman–Crippen MR) is 92.0 cm³/mol. The molecule has 0 amide bonds. The van der Waals surface area contributed by atoms with Gasteiger partial charge < -0.3 is 10.2 Å². The molecule has 0 radical (unpaired) electrons. The predicted octanol–water partition coefficient (Wildman–Crippen LogP) is 3.06. The highest BCUT2D eigenvalue weighted by molar-refractivity contribution is 7.09. The van der Waals surface area contributed by atoms with Gasteiger partial charge in [-0.2, -0.15) is 16.6 Å². The number of hydrogen-bond donors (Lipinski definition) is 1. The third kappa shape index (κ3) is 2.18. The van der Waals surface area contributed by atoms with Crippen molar-refractivity contribution in [3.05, 3.63) is 44.3 Å². The molecule has 22 heavy (non-hydrogen) atoms. The maximum atomic E-state index is 9.18. The Morgan fingerprint density at radius 1 is 1.09 bits per heavy atom. The van der Waals surface area contributed by atoms with Crippen LogP contribution in [-0.4, -0.2) is 36.9 Å². The largest absolute Gasteiger partial charge is 0.354 e. The van der Waals surface area contributed by atoms with Crippen LogP contribution in [0, 0.1) is 11.3 Å². The summed E-state index contributed by atoms with van der Waals surface area (Å²) in [6.45, 7) is 3.89. The molecule has 2 aromatic rings. The van der Waals surface area contributed by atoms with Crippen LogP contribution in [0.15, 0.2) is 32.6 Å². The van der Waals surface area contributed by atoms with Crippen molar-refractivity contribution in [3.8, 4) is 6.07 Å². The second-order valence-electron chi connectivity index (χ2n) is 5.23. The van der Waals surface area contributed by atoms with Crippen molar-refractivity contribution in [2.75, 3.05) is 26.2 Å². The summed E-state index contributed by atoms with van der Waals surface area (Å²) in [6.07, 6.45) is 1.65. The average Bonchev–Trinajstić information content (AvgIpc) is 3.19. The molecule has 0 aliphatic carbocycles. The summed E-state index contributed by atoms with van der Waals surface area (Å²) in [5.41, 5.74) is 5.30. The quantitative estimate of drug-likeness (QED) is 0.757. The summed E-state index contributed by atoms with van der Waals surface area (Å²) in [4.78, 5) is 7.30. The van der Waals surface area contributed by atoms with E-state index in [-0.39, 0.29) is 0 Å². The van der Waals surface area contributed by atoms with Crippen LogP contribution >= 0.6 is 22.7 Å². The van der Waals surface area contributed by atoms with Crippen molar-refractivity contribution >= 4 is 39.8 Å². The van der Waals surface area contributed by atoms with Crippen molar-refractivity contribution in [2.45, 2.75) is 0 Å². The Balaban J connectivity index is 1.91. The maximum absolute atomic E-state index is 9.18. The fourth-order valence-corrected chi connectivity index (χ4v) is 4.50. The summed E-state index contributed by atoms with van der Waals surface area (Å²) in [5, 5.41) is 21.0. The number of amidine groups is 1. The Labute approximate surface area is 137 Å². The third-order valence-corrected chi connectivity index (χ3v) is 5.45. The maximum Gasteiger partial charge on any atom is 0.138 e. The van der Waals surface area contributed by atoms with Gasteiger partial charge in [0.1, 0.15) is 5.84 Å². The second-order valence-corrected chi connectivity index (χ2v) is 6.72. The first kappa shape index (κ1) is 13.7. The molecule has 4 nitrogen and oxygen atoms in total. The highest BCUT2D eigenvalue weighted by Gasteiger charge is 2.26. The minimum atomic E-state index is 0.963. The Bertz CT molecular complexity index is 800. The number of fused-ring (bicyclic) bond motifs is 2. The normalized spacial score (nSPS) is 19.1. The Morgan fingerprint density at radius 2 is 1.82 bits per heavy atom. The van der Waals surface area contributed by atoms with E-state index in [1.165, 1.54) is 0 Å². The SMILES string of the molecule is N#CC=C1c2cscc2N=C(N2CCNCC2)c2cscc21. The number of piperazine rings is 1. The van der Waals surface area contributed by atoms with Gasteiger partial charge in [0.2, 0.25) is 0 Å². The lowest BCUT2D eigenvalue weighted by Gasteiger charge is -2.30. The zero-order valence-electron chi connectivity index (χ0n) is 11.9. The molecule has 4 rings (SSSR count). The second kappa shape index (κ2) is 5.69. The van der Waals surface area contributed by atoms with Crippen molar-refractivity contribution in [1.29, 1.82) is 5.26 Å². The first-order valence-corrected chi connectivity index (χ1v) is 9.04. The lowest BCUT2D eigenvalue weighted by Crippen LogP contribution is -2.46. The molecule has 110 valence electrons. The van der Waals surface area contributed by atoms with Gasteiger partial charge in [-0.1, -0.05) is 0 Å². The number of nitrogens with one attached hydrogen (secondary N) is 1. The number of nitrogens with zero attached hydrogens (tertiary/aromatic N) is 3. The molecular weight excluding hydrogens is 312 g/mol. The smallest absolute Gasteiger partial charge is 0.138 e. The fourth-order valence-electron chi connectivity index (χ4n) is 2.91.